The lowest BCUT2D eigenvalue weighted by Gasteiger charge is -2.29. The molecule has 1 fully saturated rings. The van der Waals surface area contributed by atoms with Crippen molar-refractivity contribution in [2.45, 2.75) is 64.6 Å². The Morgan fingerprint density at radius 1 is 1.24 bits per heavy atom. The minimum atomic E-state index is -0.595. The van der Waals surface area contributed by atoms with E-state index in [2.05, 4.69) is 32.4 Å². The van der Waals surface area contributed by atoms with Crippen molar-refractivity contribution in [1.82, 2.24) is 20.2 Å². The molecule has 0 aliphatic carbocycles. The molecular formula is C31H34ClN5O4. The number of nitrogens with one attached hydrogen (secondary N) is 3. The average Bonchev–Trinajstić information content (AvgIpc) is 3.47. The van der Waals surface area contributed by atoms with E-state index in [1.54, 1.807) is 30.5 Å². The van der Waals surface area contributed by atoms with Crippen LogP contribution in [-0.4, -0.2) is 58.2 Å². The lowest BCUT2D eigenvalue weighted by molar-refractivity contribution is 0.0200. The van der Waals surface area contributed by atoms with Crippen molar-refractivity contribution in [3.05, 3.63) is 58.5 Å². The predicted molar refractivity (Wildman–Crippen MR) is 159 cm³/mol. The standard InChI is InChI=1S/C31H34ClN5O4/c1-18-9-11-20(37(18)30(39)41-31(2,3)4)12-10-19-17-33-15-13-21(19)26-27(25-23(35-26)14-16-34-29(25)38)36-24-8-6-7-22(32)28(24)40-5/h6-8,13,15,17-18,20,35-36H,9,11,14,16H2,1-5H3,(H,34,38)/t18-,20+/m1/s1. The molecule has 0 spiro atoms. The van der Waals surface area contributed by atoms with E-state index in [-0.39, 0.29) is 24.1 Å². The van der Waals surface area contributed by atoms with Gasteiger partial charge in [0.25, 0.3) is 5.91 Å². The topological polar surface area (TPSA) is 109 Å². The molecule has 2 aromatic heterocycles. The number of carbonyl (C=O) groups is 2. The number of aromatic amines is 1. The van der Waals surface area contributed by atoms with Crippen molar-refractivity contribution in [2.75, 3.05) is 19.0 Å². The number of hydrogen-bond donors (Lipinski definition) is 3. The highest BCUT2D eigenvalue weighted by Gasteiger charge is 2.36. The summed E-state index contributed by atoms with van der Waals surface area (Å²) in [5.74, 6) is 6.88. The van der Waals surface area contributed by atoms with E-state index in [1.807, 2.05) is 45.9 Å². The van der Waals surface area contributed by atoms with Gasteiger partial charge < -0.3 is 25.1 Å². The summed E-state index contributed by atoms with van der Waals surface area (Å²) in [6.07, 6.45) is 5.27. The molecule has 41 heavy (non-hydrogen) atoms. The Hall–Kier alpha value is -4.16. The molecule has 1 aromatic carbocycles. The van der Waals surface area contributed by atoms with E-state index in [0.717, 1.165) is 24.1 Å². The van der Waals surface area contributed by atoms with Gasteiger partial charge in [-0.3, -0.25) is 14.7 Å². The molecule has 214 valence electrons. The van der Waals surface area contributed by atoms with Crippen molar-refractivity contribution in [2.24, 2.45) is 0 Å². The second-order valence-electron chi connectivity index (χ2n) is 11.2. The fraction of sp³-hybridized carbons (Fsp3) is 0.387. The third-order valence-electron chi connectivity index (χ3n) is 7.13. The molecule has 2 aliphatic heterocycles. The number of para-hydroxylation sites is 1. The second-order valence-corrected chi connectivity index (χ2v) is 11.6. The third kappa shape index (κ3) is 5.84. The highest BCUT2D eigenvalue weighted by molar-refractivity contribution is 6.32. The van der Waals surface area contributed by atoms with Crippen LogP contribution in [0, 0.1) is 11.8 Å². The van der Waals surface area contributed by atoms with E-state index in [9.17, 15) is 9.59 Å². The summed E-state index contributed by atoms with van der Waals surface area (Å²) in [6.45, 7) is 8.12. The van der Waals surface area contributed by atoms with Crippen LogP contribution < -0.4 is 15.4 Å². The third-order valence-corrected chi connectivity index (χ3v) is 7.43. The first-order valence-corrected chi connectivity index (χ1v) is 14.0. The number of hydrogen-bond acceptors (Lipinski definition) is 6. The quantitative estimate of drug-likeness (QED) is 0.334. The molecule has 9 nitrogen and oxygen atoms in total. The number of pyridine rings is 1. The Labute approximate surface area is 245 Å². The monoisotopic (exact) mass is 575 g/mol. The Morgan fingerprint density at radius 2 is 2.05 bits per heavy atom. The van der Waals surface area contributed by atoms with Crippen LogP contribution in [0.5, 0.6) is 5.75 Å². The SMILES string of the molecule is COc1c(Cl)cccc1Nc1c(-c2ccncc2C#C[C@@H]2CC[C@@H](C)N2C(=O)OC(C)(C)C)[nH]c2c1C(=O)NCC2. The second kappa shape index (κ2) is 11.4. The molecule has 2 aliphatic rings. The average molecular weight is 576 g/mol. The number of amides is 2. The zero-order valence-corrected chi connectivity index (χ0v) is 24.6. The summed E-state index contributed by atoms with van der Waals surface area (Å²) in [7, 11) is 1.55. The van der Waals surface area contributed by atoms with E-state index in [1.165, 1.54) is 0 Å². The smallest absolute Gasteiger partial charge is 0.411 e. The van der Waals surface area contributed by atoms with Crippen LogP contribution >= 0.6 is 11.6 Å². The molecule has 1 saturated heterocycles. The van der Waals surface area contributed by atoms with Crippen LogP contribution in [0.1, 0.15) is 62.2 Å². The molecule has 2 amide bonds. The fourth-order valence-corrected chi connectivity index (χ4v) is 5.53. The molecule has 10 heteroatoms. The summed E-state index contributed by atoms with van der Waals surface area (Å²) in [4.78, 5) is 35.6. The summed E-state index contributed by atoms with van der Waals surface area (Å²) in [6, 6.07) is 7.00. The lowest BCUT2D eigenvalue weighted by Crippen LogP contribution is -2.42. The maximum Gasteiger partial charge on any atom is 0.411 e. The van der Waals surface area contributed by atoms with E-state index >= 15 is 0 Å². The first kappa shape index (κ1) is 28.4. The van der Waals surface area contributed by atoms with Crippen molar-refractivity contribution in [3.8, 4) is 28.8 Å². The van der Waals surface area contributed by atoms with Crippen molar-refractivity contribution < 1.29 is 19.1 Å². The molecule has 2 atom stereocenters. The zero-order chi connectivity index (χ0) is 29.3. The van der Waals surface area contributed by atoms with Crippen LogP contribution in [0.2, 0.25) is 5.02 Å². The Balaban J connectivity index is 1.56. The van der Waals surface area contributed by atoms with Gasteiger partial charge in [-0.05, 0) is 58.7 Å². The number of methoxy groups -OCH3 is 1. The van der Waals surface area contributed by atoms with E-state index in [4.69, 9.17) is 21.1 Å². The Bertz CT molecular complexity index is 1550. The van der Waals surface area contributed by atoms with Crippen molar-refractivity contribution >= 4 is 35.0 Å². The minimum Gasteiger partial charge on any atom is -0.493 e. The molecule has 3 N–H and O–H groups in total. The molecule has 3 aromatic rings. The summed E-state index contributed by atoms with van der Waals surface area (Å²) < 4.78 is 11.2. The number of H-pyrrole nitrogens is 1. The van der Waals surface area contributed by atoms with E-state index in [0.29, 0.717) is 51.9 Å². The van der Waals surface area contributed by atoms with Crippen LogP contribution in [0.4, 0.5) is 16.2 Å². The Morgan fingerprint density at radius 3 is 2.80 bits per heavy atom. The molecular weight excluding hydrogens is 542 g/mol. The van der Waals surface area contributed by atoms with Crippen LogP contribution in [0.15, 0.2) is 36.7 Å². The highest BCUT2D eigenvalue weighted by atomic mass is 35.5. The zero-order valence-electron chi connectivity index (χ0n) is 23.9. The number of likely N-dealkylation sites (tertiary alicyclic amines) is 1. The number of ether oxygens (including phenoxy) is 2. The number of nitrogens with zero attached hydrogens (tertiary/aromatic N) is 2. The first-order chi connectivity index (χ1) is 19.6. The normalized spacial score (nSPS) is 18.2. The molecule has 5 rings (SSSR count). The highest BCUT2D eigenvalue weighted by Crippen LogP contribution is 2.41. The number of rotatable bonds is 4. The minimum absolute atomic E-state index is 0.0228. The number of halogens is 1. The van der Waals surface area contributed by atoms with Gasteiger partial charge in [0, 0.05) is 42.7 Å². The van der Waals surface area contributed by atoms with Gasteiger partial charge in [-0.15, -0.1) is 0 Å². The maximum absolute atomic E-state index is 13.1. The number of benzene rings is 1. The number of carbonyl (C=O) groups excluding carboxylic acids is 2. The molecule has 0 bridgehead atoms. The predicted octanol–water partition coefficient (Wildman–Crippen LogP) is 5.91. The number of fused-ring (bicyclic) bond motifs is 1. The van der Waals surface area contributed by atoms with Crippen molar-refractivity contribution in [1.29, 1.82) is 0 Å². The van der Waals surface area contributed by atoms with Gasteiger partial charge in [-0.2, -0.15) is 0 Å². The summed E-state index contributed by atoms with van der Waals surface area (Å²) in [5, 5.41) is 6.79. The molecule has 4 heterocycles. The Kier molecular flexibility index (Phi) is 7.87. The lowest BCUT2D eigenvalue weighted by atomic mass is 10.0. The van der Waals surface area contributed by atoms with E-state index < -0.39 is 5.60 Å². The van der Waals surface area contributed by atoms with Gasteiger partial charge in [0.05, 0.1) is 46.4 Å². The summed E-state index contributed by atoms with van der Waals surface area (Å²) in [5.41, 5.74) is 4.11. The van der Waals surface area contributed by atoms with Gasteiger partial charge in [-0.25, -0.2) is 4.79 Å². The maximum atomic E-state index is 13.1. The van der Waals surface area contributed by atoms with Crippen LogP contribution in [-0.2, 0) is 11.2 Å². The van der Waals surface area contributed by atoms with Gasteiger partial charge in [0.1, 0.15) is 5.60 Å². The van der Waals surface area contributed by atoms with Gasteiger partial charge in [-0.1, -0.05) is 29.5 Å². The van der Waals surface area contributed by atoms with Gasteiger partial charge in [0.2, 0.25) is 0 Å². The van der Waals surface area contributed by atoms with Crippen molar-refractivity contribution in [3.63, 3.8) is 0 Å². The first-order valence-electron chi connectivity index (χ1n) is 13.7. The number of anilines is 2. The van der Waals surface area contributed by atoms with Crippen LogP contribution in [0.25, 0.3) is 11.3 Å². The largest absolute Gasteiger partial charge is 0.493 e. The summed E-state index contributed by atoms with van der Waals surface area (Å²) >= 11 is 6.39. The molecule has 0 saturated carbocycles. The fourth-order valence-electron chi connectivity index (χ4n) is 5.28. The van der Waals surface area contributed by atoms with Gasteiger partial charge >= 0.3 is 6.09 Å². The van der Waals surface area contributed by atoms with Crippen LogP contribution in [0.3, 0.4) is 0 Å². The number of aromatic nitrogens is 2. The van der Waals surface area contributed by atoms with Gasteiger partial charge in [0.15, 0.2) is 5.75 Å². The molecule has 0 unspecified atom stereocenters. The molecule has 0 radical (unpaired) electrons.